The van der Waals surface area contributed by atoms with Gasteiger partial charge >= 0.3 is 35.5 Å². The first-order chi connectivity index (χ1) is 29.5. The molecule has 4 bridgehead atoms. The molecule has 0 amide bonds. The number of nitrogens with zero attached hydrogens (tertiary/aromatic N) is 2. The molecule has 4 fully saturated rings. The van der Waals surface area contributed by atoms with E-state index in [0.29, 0.717) is 12.8 Å². The number of fused-ring (bicyclic) bond motifs is 2. The monoisotopic (exact) mass is 948 g/mol. The maximum absolute atomic E-state index is 16.0. The summed E-state index contributed by atoms with van der Waals surface area (Å²) in [6, 6.07) is 0.335. The van der Waals surface area contributed by atoms with Gasteiger partial charge in [0.1, 0.15) is 22.7 Å². The van der Waals surface area contributed by atoms with Gasteiger partial charge in [0.15, 0.2) is 34.6 Å². The van der Waals surface area contributed by atoms with Crippen molar-refractivity contribution in [3.63, 3.8) is 0 Å². The van der Waals surface area contributed by atoms with Gasteiger partial charge in [-0.15, -0.1) is 0 Å². The highest BCUT2D eigenvalue weighted by Crippen LogP contribution is 2.73. The summed E-state index contributed by atoms with van der Waals surface area (Å²) in [6.45, 7) is 22.2. The zero-order valence-corrected chi connectivity index (χ0v) is 39.3. The van der Waals surface area contributed by atoms with E-state index in [2.05, 4.69) is 13.5 Å². The van der Waals surface area contributed by atoms with Crippen LogP contribution in [-0.4, -0.2) is 72.7 Å². The Hall–Kier alpha value is -4.22. The Labute approximate surface area is 370 Å². The smallest absolute Gasteiger partial charge is 0.482 e. The van der Waals surface area contributed by atoms with E-state index >= 15 is 9.59 Å². The van der Waals surface area contributed by atoms with Crippen molar-refractivity contribution in [3.05, 3.63) is 69.1 Å². The van der Waals surface area contributed by atoms with Crippen LogP contribution in [0.15, 0.2) is 41.0 Å². The molecule has 3 aliphatic heterocycles. The summed E-state index contributed by atoms with van der Waals surface area (Å²) >= 11 is 0. The molecule has 1 saturated heterocycles. The zero-order valence-electron chi connectivity index (χ0n) is 36.6. The maximum Gasteiger partial charge on any atom is 0.536 e. The number of methoxy groups -OCH3 is 1. The van der Waals surface area contributed by atoms with Gasteiger partial charge in [0.05, 0.1) is 30.1 Å². The minimum atomic E-state index is -6.09. The van der Waals surface area contributed by atoms with Gasteiger partial charge in [-0.3, -0.25) is 19.3 Å². The maximum atomic E-state index is 16.0. The Morgan fingerprint density at radius 1 is 1.00 bits per heavy atom. The summed E-state index contributed by atoms with van der Waals surface area (Å²) in [5.41, 5.74) is -4.92. The lowest BCUT2D eigenvalue weighted by molar-refractivity contribution is -0.211. The second-order valence-electron chi connectivity index (χ2n) is 17.9. The molecule has 1 aromatic carbocycles. The molecule has 4 N–H and O–H groups in total. The van der Waals surface area contributed by atoms with E-state index in [1.807, 2.05) is 39.8 Å². The predicted octanol–water partition coefficient (Wildman–Crippen LogP) is 7.45. The third-order valence-corrected chi connectivity index (χ3v) is 16.3. The third-order valence-electron chi connectivity index (χ3n) is 12.6. The van der Waals surface area contributed by atoms with Crippen molar-refractivity contribution in [1.82, 2.24) is 0 Å². The van der Waals surface area contributed by atoms with Gasteiger partial charge in [0, 0.05) is 29.4 Å². The molecule has 64 heavy (non-hydrogen) atoms. The Morgan fingerprint density at radius 2 is 1.66 bits per heavy atom. The van der Waals surface area contributed by atoms with Gasteiger partial charge in [-0.25, -0.2) is 25.1 Å². The topological polar surface area (TPSA) is 276 Å². The van der Waals surface area contributed by atoms with Crippen LogP contribution < -0.4 is 14.0 Å². The van der Waals surface area contributed by atoms with Crippen LogP contribution in [0.3, 0.4) is 0 Å². The van der Waals surface area contributed by atoms with Crippen molar-refractivity contribution in [2.75, 3.05) is 7.11 Å². The van der Waals surface area contributed by atoms with E-state index in [4.69, 9.17) is 30.0 Å². The van der Waals surface area contributed by atoms with Crippen molar-refractivity contribution in [3.8, 4) is 23.3 Å². The second-order valence-corrected chi connectivity index (χ2v) is 22.2. The van der Waals surface area contributed by atoms with Crippen LogP contribution in [0.25, 0.3) is 10.9 Å². The van der Waals surface area contributed by atoms with Gasteiger partial charge < -0.3 is 38.2 Å². The molecule has 0 radical (unpaired) electrons. The molecule has 3 heterocycles. The van der Waals surface area contributed by atoms with Gasteiger partial charge in [0.25, 0.3) is 0 Å². The summed E-state index contributed by atoms with van der Waals surface area (Å²) in [7, 11) is -16.8. The number of allylic oxidation sites excluding steroid dienone is 4. The number of Topliss-reactive ketones (excluding diaryl/α,β-unsaturated/α-hetero) is 2. The summed E-state index contributed by atoms with van der Waals surface area (Å²) < 4.78 is 77.5. The lowest BCUT2D eigenvalue weighted by Crippen LogP contribution is -2.79. The van der Waals surface area contributed by atoms with Crippen molar-refractivity contribution in [2.45, 2.75) is 116 Å². The fourth-order valence-electron chi connectivity index (χ4n) is 10.1. The number of ketones is 2. The molecule has 0 aromatic heterocycles. The summed E-state index contributed by atoms with van der Waals surface area (Å²) in [5, 5.41) is 10.4. The number of phosphoric acid groups is 3. The predicted molar refractivity (Wildman–Crippen MR) is 226 cm³/mol. The Bertz CT molecular complexity index is 2540. The number of carbonyl (C=O) groups is 3. The molecule has 10 unspecified atom stereocenters. The Balaban J connectivity index is 1.72. The van der Waals surface area contributed by atoms with Crippen molar-refractivity contribution in [2.24, 2.45) is 23.7 Å². The number of carbonyl (C=O) groups excluding carboxylic acids is 3. The summed E-state index contributed by atoms with van der Waals surface area (Å²) in [4.78, 5) is 87.1. The molecular weight excluding hydrogens is 897 g/mol. The quantitative estimate of drug-likeness (QED) is 0.0437. The number of rotatable bonds is 15. The average Bonchev–Trinajstić information content (AvgIpc) is 3.30. The van der Waals surface area contributed by atoms with E-state index in [1.54, 1.807) is 32.9 Å². The molecule has 3 aliphatic carbocycles. The number of phosphoric ester groups is 1. The third kappa shape index (κ3) is 8.53. The van der Waals surface area contributed by atoms with Crippen molar-refractivity contribution >= 4 is 47.1 Å². The number of benzene rings is 1. The van der Waals surface area contributed by atoms with Crippen LogP contribution in [0.1, 0.15) is 103 Å². The minimum Gasteiger partial charge on any atom is -0.482 e. The first kappa shape index (κ1) is 49.2. The highest BCUT2D eigenvalue weighted by molar-refractivity contribution is 7.66. The second kappa shape index (κ2) is 16.9. The largest absolute Gasteiger partial charge is 0.536 e. The standard InChI is InChI=1S/C42H51N2O17P3/c1-22(2)12-11-17-40(8)18-16-26-34(56-40)25(14-13-23(3)4)35-31(36(26)58-63(51,52)61-64(53,54)60-62(48,49)50)33(45)32-30(28(21-43)44-9)27-20-29-39(6,7)59-41(37(27)46,42(29,32)57-35)19-15-24(5)38(47)55-10/h12-13,15-16,18,27-30,32H,11,14,17,19-20H2,1-8,10H3,(H,51,52)(H,53,54)(H2,48,49,50)/b24-15-. The highest BCUT2D eigenvalue weighted by Gasteiger charge is 2.86. The van der Waals surface area contributed by atoms with Gasteiger partial charge in [-0.2, -0.15) is 13.9 Å². The van der Waals surface area contributed by atoms with Gasteiger partial charge in [0.2, 0.25) is 0 Å². The molecule has 346 valence electrons. The van der Waals surface area contributed by atoms with Crippen LogP contribution >= 0.6 is 23.5 Å². The average molecular weight is 949 g/mol. The molecule has 10 atom stereocenters. The number of nitriles is 1. The fraction of sp³-hybridized carbons (Fsp3) is 0.548. The SMILES string of the molecule is [C-]#[N+]C(C#N)C1C2CC3C(C)(C)OC(C/C=C(/C)C(=O)OC)(C2=O)C32Oc3c(CC=C(C)C)c4c(c(OP(=O)(O)OP(=O)(O)OP(=O)(O)O)c3C(=O)C12)C=CC(C)(CCC=C(C)C)O4. The first-order valence-electron chi connectivity index (χ1n) is 20.2. The lowest BCUT2D eigenvalue weighted by atomic mass is 9.42. The van der Waals surface area contributed by atoms with E-state index in [-0.39, 0.29) is 47.5 Å². The van der Waals surface area contributed by atoms with Crippen LogP contribution in [0.2, 0.25) is 0 Å². The van der Waals surface area contributed by atoms with Gasteiger partial charge in [-0.1, -0.05) is 29.4 Å². The summed E-state index contributed by atoms with van der Waals surface area (Å²) in [5.74, 6) is -8.19. The minimum absolute atomic E-state index is 0.0133. The molecule has 1 aromatic rings. The Kier molecular flexibility index (Phi) is 13.0. The molecular formula is C42H51N2O17P3. The fourth-order valence-corrected chi connectivity index (χ4v) is 13.2. The number of hydrogen-bond donors (Lipinski definition) is 4. The number of ether oxygens (including phenoxy) is 4. The van der Waals surface area contributed by atoms with Crippen LogP contribution in [-0.2, 0) is 47.8 Å². The number of hydrogen-bond acceptors (Lipinski definition) is 14. The van der Waals surface area contributed by atoms with Gasteiger partial charge in [-0.05, 0) is 93.2 Å². The zero-order chi connectivity index (χ0) is 47.7. The summed E-state index contributed by atoms with van der Waals surface area (Å²) in [6.07, 6.45) is 8.91. The van der Waals surface area contributed by atoms with E-state index in [9.17, 15) is 43.3 Å². The van der Waals surface area contributed by atoms with Crippen molar-refractivity contribution in [1.29, 1.82) is 5.26 Å². The molecule has 7 rings (SSSR count). The van der Waals surface area contributed by atoms with E-state index in [0.717, 1.165) is 11.1 Å². The van der Waals surface area contributed by atoms with Crippen LogP contribution in [0, 0.1) is 41.6 Å². The molecule has 19 nitrogen and oxygen atoms in total. The lowest BCUT2D eigenvalue weighted by Gasteiger charge is -2.62. The molecule has 6 aliphatic rings. The van der Waals surface area contributed by atoms with Crippen molar-refractivity contribution < 1.29 is 79.7 Å². The molecule has 3 saturated carbocycles. The van der Waals surface area contributed by atoms with Crippen LogP contribution in [0.4, 0.5) is 0 Å². The molecule has 22 heteroatoms. The van der Waals surface area contributed by atoms with Crippen LogP contribution in [0.5, 0.6) is 17.2 Å². The molecule has 1 spiro atoms. The highest BCUT2D eigenvalue weighted by atomic mass is 31.3. The van der Waals surface area contributed by atoms with E-state index in [1.165, 1.54) is 26.2 Å². The Morgan fingerprint density at radius 3 is 2.23 bits per heavy atom. The number of esters is 1. The normalized spacial score (nSPS) is 30.6. The van der Waals surface area contributed by atoms with E-state index < -0.39 is 104 Å². The first-order valence-corrected chi connectivity index (χ1v) is 24.8.